The minimum atomic E-state index is -0.968. The number of nitrogens with zero attached hydrogens (tertiary/aromatic N) is 1. The number of aryl methyl sites for hydroxylation is 1. The van der Waals surface area contributed by atoms with Crippen LogP contribution in [0.2, 0.25) is 0 Å². The predicted octanol–water partition coefficient (Wildman–Crippen LogP) is 3.65. The highest BCUT2D eigenvalue weighted by molar-refractivity contribution is 9.10. The number of hydrogen-bond donors (Lipinski definition) is 1. The molecule has 3 rings (SSSR count). The first-order valence-electron chi connectivity index (χ1n) is 7.39. The first kappa shape index (κ1) is 16.2. The monoisotopic (exact) mass is 393 g/mol. The summed E-state index contributed by atoms with van der Waals surface area (Å²) >= 11 is 5.00. The van der Waals surface area contributed by atoms with Gasteiger partial charge in [0.15, 0.2) is 6.04 Å². The Morgan fingerprint density at radius 3 is 2.83 bits per heavy atom. The molecule has 1 aliphatic rings. The van der Waals surface area contributed by atoms with Crippen molar-refractivity contribution in [1.29, 1.82) is 0 Å². The van der Waals surface area contributed by atoms with Crippen molar-refractivity contribution >= 4 is 39.1 Å². The summed E-state index contributed by atoms with van der Waals surface area (Å²) in [5.41, 5.74) is 1.75. The summed E-state index contributed by atoms with van der Waals surface area (Å²) in [5.74, 6) is -1.07. The number of fused-ring (bicyclic) bond motifs is 1. The van der Waals surface area contributed by atoms with Gasteiger partial charge in [-0.2, -0.15) is 0 Å². The molecule has 1 aromatic heterocycles. The maximum absolute atomic E-state index is 12.6. The Hall–Kier alpha value is -1.66. The lowest BCUT2D eigenvalue weighted by Crippen LogP contribution is -2.43. The van der Waals surface area contributed by atoms with E-state index in [1.807, 2.05) is 35.7 Å². The molecule has 1 atom stereocenters. The summed E-state index contributed by atoms with van der Waals surface area (Å²) in [4.78, 5) is 26.9. The smallest absolute Gasteiger partial charge is 0.331 e. The summed E-state index contributed by atoms with van der Waals surface area (Å²) in [6, 6.07) is 8.61. The van der Waals surface area contributed by atoms with Crippen LogP contribution in [-0.2, 0) is 22.4 Å². The molecule has 0 fully saturated rings. The van der Waals surface area contributed by atoms with Crippen molar-refractivity contribution in [1.82, 2.24) is 4.90 Å². The fourth-order valence-electron chi connectivity index (χ4n) is 2.96. The molecule has 0 saturated heterocycles. The number of carbonyl (C=O) groups excluding carboxylic acids is 1. The van der Waals surface area contributed by atoms with Crippen LogP contribution in [0.4, 0.5) is 0 Å². The van der Waals surface area contributed by atoms with Crippen LogP contribution >= 0.6 is 27.3 Å². The highest BCUT2D eigenvalue weighted by Gasteiger charge is 2.35. The maximum Gasteiger partial charge on any atom is 0.331 e. The van der Waals surface area contributed by atoms with Gasteiger partial charge in [0.05, 0.1) is 0 Å². The molecule has 0 spiro atoms. The van der Waals surface area contributed by atoms with Crippen molar-refractivity contribution in [2.45, 2.75) is 25.3 Å². The van der Waals surface area contributed by atoms with Crippen LogP contribution in [-0.4, -0.2) is 28.4 Å². The summed E-state index contributed by atoms with van der Waals surface area (Å²) in [7, 11) is 0. The molecule has 2 heterocycles. The van der Waals surface area contributed by atoms with Gasteiger partial charge in [0.2, 0.25) is 5.91 Å². The van der Waals surface area contributed by atoms with E-state index in [-0.39, 0.29) is 5.91 Å². The Kier molecular flexibility index (Phi) is 4.82. The van der Waals surface area contributed by atoms with Gasteiger partial charge in [0.1, 0.15) is 0 Å². The van der Waals surface area contributed by atoms with Crippen LogP contribution in [0, 0.1) is 0 Å². The van der Waals surface area contributed by atoms with Gasteiger partial charge < -0.3 is 10.0 Å². The average Bonchev–Trinajstić information content (AvgIpc) is 2.96. The third-order valence-electron chi connectivity index (χ3n) is 4.04. The molecule has 6 heteroatoms. The van der Waals surface area contributed by atoms with Crippen molar-refractivity contribution in [3.05, 3.63) is 56.2 Å². The van der Waals surface area contributed by atoms with Gasteiger partial charge in [-0.1, -0.05) is 24.3 Å². The van der Waals surface area contributed by atoms with Gasteiger partial charge in [0, 0.05) is 27.7 Å². The van der Waals surface area contributed by atoms with Crippen molar-refractivity contribution in [3.8, 4) is 0 Å². The van der Waals surface area contributed by atoms with Crippen LogP contribution < -0.4 is 0 Å². The minimum Gasteiger partial charge on any atom is -0.479 e. The highest BCUT2D eigenvalue weighted by atomic mass is 79.9. The third kappa shape index (κ3) is 3.48. The standard InChI is InChI=1S/C17H16BrNO3S/c18-12-9-13(23-10-12)5-6-15(20)19-8-7-11-3-1-2-4-14(11)16(19)17(21)22/h1-4,9-10,16H,5-8H2,(H,21,22). The molecule has 4 nitrogen and oxygen atoms in total. The average molecular weight is 394 g/mol. The summed E-state index contributed by atoms with van der Waals surface area (Å²) < 4.78 is 1.01. The number of carbonyl (C=O) groups is 2. The van der Waals surface area contributed by atoms with Gasteiger partial charge in [0.25, 0.3) is 0 Å². The molecule has 1 N–H and O–H groups in total. The molecule has 0 radical (unpaired) electrons. The van der Waals surface area contributed by atoms with Crippen LogP contribution in [0.1, 0.15) is 28.5 Å². The number of hydrogen-bond acceptors (Lipinski definition) is 3. The first-order chi connectivity index (χ1) is 11.1. The lowest BCUT2D eigenvalue weighted by molar-refractivity contribution is -0.151. The number of aliphatic carboxylic acids is 1. The zero-order chi connectivity index (χ0) is 16.4. The van der Waals surface area contributed by atoms with E-state index < -0.39 is 12.0 Å². The van der Waals surface area contributed by atoms with Crippen LogP contribution in [0.5, 0.6) is 0 Å². The largest absolute Gasteiger partial charge is 0.479 e. The van der Waals surface area contributed by atoms with Crippen molar-refractivity contribution in [2.24, 2.45) is 0 Å². The van der Waals surface area contributed by atoms with E-state index in [9.17, 15) is 14.7 Å². The second-order valence-electron chi connectivity index (χ2n) is 5.51. The van der Waals surface area contributed by atoms with Gasteiger partial charge in [-0.15, -0.1) is 11.3 Å². The number of amides is 1. The topological polar surface area (TPSA) is 57.6 Å². The second-order valence-corrected chi connectivity index (χ2v) is 7.42. The van der Waals surface area contributed by atoms with Crippen LogP contribution in [0.3, 0.4) is 0 Å². The minimum absolute atomic E-state index is 0.101. The zero-order valence-corrected chi connectivity index (χ0v) is 14.8. The lowest BCUT2D eigenvalue weighted by Gasteiger charge is -2.34. The highest BCUT2D eigenvalue weighted by Crippen LogP contribution is 2.31. The zero-order valence-electron chi connectivity index (χ0n) is 12.4. The second kappa shape index (κ2) is 6.84. The van der Waals surface area contributed by atoms with E-state index in [1.165, 1.54) is 4.90 Å². The molecule has 120 valence electrons. The van der Waals surface area contributed by atoms with Crippen LogP contribution in [0.25, 0.3) is 0 Å². The lowest BCUT2D eigenvalue weighted by atomic mass is 9.92. The molecule has 1 unspecified atom stereocenters. The fraction of sp³-hybridized carbons (Fsp3) is 0.294. The van der Waals surface area contributed by atoms with Gasteiger partial charge in [-0.05, 0) is 46.0 Å². The molecular weight excluding hydrogens is 378 g/mol. The molecule has 1 aliphatic heterocycles. The predicted molar refractivity (Wildman–Crippen MR) is 92.6 cm³/mol. The number of benzene rings is 1. The molecular formula is C17H16BrNO3S. The number of halogens is 1. The maximum atomic E-state index is 12.6. The molecule has 1 aromatic carbocycles. The van der Waals surface area contributed by atoms with E-state index in [4.69, 9.17) is 0 Å². The molecule has 0 bridgehead atoms. The summed E-state index contributed by atoms with van der Waals surface area (Å²) in [6.45, 7) is 0.459. The SMILES string of the molecule is O=C(O)C1c2ccccc2CCN1C(=O)CCc1cc(Br)cs1. The molecule has 0 saturated carbocycles. The quantitative estimate of drug-likeness (QED) is 0.861. The first-order valence-corrected chi connectivity index (χ1v) is 9.06. The Bertz CT molecular complexity index is 743. The van der Waals surface area contributed by atoms with Gasteiger partial charge in [-0.3, -0.25) is 4.79 Å². The van der Waals surface area contributed by atoms with E-state index >= 15 is 0 Å². The third-order valence-corrected chi connectivity index (χ3v) is 5.80. The van der Waals surface area contributed by atoms with Crippen molar-refractivity contribution < 1.29 is 14.7 Å². The summed E-state index contributed by atoms with van der Waals surface area (Å²) in [6.07, 6.45) is 1.68. The Labute approximate surface area is 146 Å². The Balaban J connectivity index is 1.76. The van der Waals surface area contributed by atoms with E-state index in [1.54, 1.807) is 11.3 Å². The van der Waals surface area contributed by atoms with Gasteiger partial charge in [-0.25, -0.2) is 4.79 Å². The van der Waals surface area contributed by atoms with Gasteiger partial charge >= 0.3 is 5.97 Å². The molecule has 0 aliphatic carbocycles. The number of carboxylic acid groups (broad SMARTS) is 1. The summed E-state index contributed by atoms with van der Waals surface area (Å²) in [5, 5.41) is 11.6. The number of rotatable bonds is 4. The molecule has 1 amide bonds. The molecule has 23 heavy (non-hydrogen) atoms. The number of thiophene rings is 1. The fourth-order valence-corrected chi connectivity index (χ4v) is 4.42. The Morgan fingerprint density at radius 2 is 2.13 bits per heavy atom. The molecule has 2 aromatic rings. The van der Waals surface area contributed by atoms with Crippen molar-refractivity contribution in [2.75, 3.05) is 6.54 Å². The van der Waals surface area contributed by atoms with E-state index in [0.29, 0.717) is 25.8 Å². The van der Waals surface area contributed by atoms with E-state index in [2.05, 4.69) is 15.9 Å². The van der Waals surface area contributed by atoms with Crippen molar-refractivity contribution in [3.63, 3.8) is 0 Å². The Morgan fingerprint density at radius 1 is 1.35 bits per heavy atom. The van der Waals surface area contributed by atoms with E-state index in [0.717, 1.165) is 20.5 Å². The number of carboxylic acids is 1. The van der Waals surface area contributed by atoms with Crippen LogP contribution in [0.15, 0.2) is 40.2 Å². The normalized spacial score (nSPS) is 16.9.